The molecule has 144 valence electrons. The van der Waals surface area contributed by atoms with Crippen LogP contribution in [0.4, 0.5) is 0 Å². The number of fused-ring (bicyclic) bond motifs is 1. The number of hydrogen-bond donors (Lipinski definition) is 1. The van der Waals surface area contributed by atoms with Crippen LogP contribution in [0.5, 0.6) is 11.5 Å². The van der Waals surface area contributed by atoms with Gasteiger partial charge in [-0.05, 0) is 36.6 Å². The van der Waals surface area contributed by atoms with Gasteiger partial charge in [0, 0.05) is 19.4 Å². The van der Waals surface area contributed by atoms with Crippen LogP contribution >= 0.6 is 0 Å². The van der Waals surface area contributed by atoms with Crippen LogP contribution in [0.2, 0.25) is 0 Å². The van der Waals surface area contributed by atoms with Crippen LogP contribution in [0, 0.1) is 0 Å². The topological polar surface area (TPSA) is 56.8 Å². The zero-order valence-corrected chi connectivity index (χ0v) is 15.8. The number of nitrogens with one attached hydrogen (secondary N) is 1. The maximum absolute atomic E-state index is 12.2. The second-order valence-corrected chi connectivity index (χ2v) is 6.69. The summed E-state index contributed by atoms with van der Waals surface area (Å²) < 4.78 is 17.0. The first-order valence-electron chi connectivity index (χ1n) is 9.53. The molecule has 1 heterocycles. The van der Waals surface area contributed by atoms with Crippen molar-refractivity contribution in [2.24, 2.45) is 0 Å². The normalized spacial score (nSPS) is 14.3. The number of amides is 1. The number of carbonyl (C=O) groups is 1. The number of rotatable bonds is 8. The average Bonchev–Trinajstić information content (AvgIpc) is 2.93. The fourth-order valence-corrected chi connectivity index (χ4v) is 2.95. The maximum Gasteiger partial charge on any atom is 0.220 e. The van der Waals surface area contributed by atoms with Crippen LogP contribution < -0.4 is 14.8 Å². The first kappa shape index (κ1) is 19.2. The van der Waals surface area contributed by atoms with Crippen LogP contribution in [-0.4, -0.2) is 25.7 Å². The second kappa shape index (κ2) is 9.97. The van der Waals surface area contributed by atoms with Gasteiger partial charge in [-0.25, -0.2) is 0 Å². The Morgan fingerprint density at radius 2 is 1.89 bits per heavy atom. The Balaban J connectivity index is 1.39. The smallest absolute Gasteiger partial charge is 0.220 e. The van der Waals surface area contributed by atoms with Gasteiger partial charge in [0.05, 0.1) is 25.9 Å². The van der Waals surface area contributed by atoms with Gasteiger partial charge < -0.3 is 19.5 Å². The van der Waals surface area contributed by atoms with Crippen molar-refractivity contribution < 1.29 is 19.0 Å². The predicted molar refractivity (Wildman–Crippen MR) is 104 cm³/mol. The lowest BCUT2D eigenvalue weighted by molar-refractivity contribution is -0.122. The van der Waals surface area contributed by atoms with Gasteiger partial charge in [0.25, 0.3) is 0 Å². The van der Waals surface area contributed by atoms with E-state index in [-0.39, 0.29) is 11.9 Å². The van der Waals surface area contributed by atoms with Gasteiger partial charge in [0.2, 0.25) is 5.91 Å². The van der Waals surface area contributed by atoms with E-state index in [0.29, 0.717) is 39.3 Å². The minimum absolute atomic E-state index is 0.0259. The van der Waals surface area contributed by atoms with Gasteiger partial charge in [0.1, 0.15) is 0 Å². The van der Waals surface area contributed by atoms with Crippen molar-refractivity contribution in [1.29, 1.82) is 0 Å². The molecule has 0 spiro atoms. The van der Waals surface area contributed by atoms with E-state index in [0.717, 1.165) is 29.0 Å². The Morgan fingerprint density at radius 3 is 2.70 bits per heavy atom. The molecule has 2 aromatic rings. The molecule has 0 bridgehead atoms. The number of benzene rings is 2. The number of carbonyl (C=O) groups excluding carboxylic acids is 1. The Bertz CT molecular complexity index is 732. The molecule has 1 aliphatic heterocycles. The molecule has 27 heavy (non-hydrogen) atoms. The van der Waals surface area contributed by atoms with E-state index in [1.807, 2.05) is 55.5 Å². The van der Waals surface area contributed by atoms with Gasteiger partial charge in [-0.3, -0.25) is 4.79 Å². The standard InChI is InChI=1S/C22H27NO4/c1-17(19-10-11-20-21(15-19)27-14-6-13-26-20)23-22(24)9-5-12-25-16-18-7-3-2-4-8-18/h2-4,7-8,10-11,15,17H,5-6,9,12-14,16H2,1H3,(H,23,24)/t17-/m0/s1. The van der Waals surface area contributed by atoms with Crippen LogP contribution in [0.1, 0.15) is 43.4 Å². The van der Waals surface area contributed by atoms with Crippen molar-refractivity contribution in [2.45, 2.75) is 38.8 Å². The van der Waals surface area contributed by atoms with Crippen LogP contribution in [0.25, 0.3) is 0 Å². The van der Waals surface area contributed by atoms with Gasteiger partial charge in [-0.15, -0.1) is 0 Å². The zero-order valence-electron chi connectivity index (χ0n) is 15.8. The first-order chi connectivity index (χ1) is 13.2. The molecule has 0 fully saturated rings. The Hall–Kier alpha value is -2.53. The molecule has 2 aromatic carbocycles. The third-order valence-electron chi connectivity index (χ3n) is 4.45. The quantitative estimate of drug-likeness (QED) is 0.714. The average molecular weight is 369 g/mol. The van der Waals surface area contributed by atoms with E-state index in [4.69, 9.17) is 14.2 Å². The fraction of sp³-hybridized carbons (Fsp3) is 0.409. The molecular weight excluding hydrogens is 342 g/mol. The van der Waals surface area contributed by atoms with Gasteiger partial charge >= 0.3 is 0 Å². The summed E-state index contributed by atoms with van der Waals surface area (Å²) in [6.45, 7) is 4.45. The minimum atomic E-state index is -0.0834. The molecule has 1 aliphatic rings. The largest absolute Gasteiger partial charge is 0.490 e. The van der Waals surface area contributed by atoms with Crippen molar-refractivity contribution >= 4 is 5.91 Å². The van der Waals surface area contributed by atoms with Gasteiger partial charge in [-0.1, -0.05) is 36.4 Å². The monoisotopic (exact) mass is 369 g/mol. The van der Waals surface area contributed by atoms with E-state index >= 15 is 0 Å². The third-order valence-corrected chi connectivity index (χ3v) is 4.45. The molecule has 5 heteroatoms. The van der Waals surface area contributed by atoms with Crippen molar-refractivity contribution in [3.05, 3.63) is 59.7 Å². The van der Waals surface area contributed by atoms with E-state index in [1.54, 1.807) is 0 Å². The van der Waals surface area contributed by atoms with Crippen LogP contribution in [0.15, 0.2) is 48.5 Å². The predicted octanol–water partition coefficient (Wildman–Crippen LogP) is 4.02. The highest BCUT2D eigenvalue weighted by molar-refractivity contribution is 5.76. The number of ether oxygens (including phenoxy) is 3. The SMILES string of the molecule is C[C@H](NC(=O)CCCOCc1ccccc1)c1ccc2c(c1)OCCCO2. The molecule has 0 aromatic heterocycles. The molecule has 0 aliphatic carbocycles. The zero-order chi connectivity index (χ0) is 18.9. The molecular formula is C22H27NO4. The molecule has 1 atom stereocenters. The highest BCUT2D eigenvalue weighted by atomic mass is 16.5. The molecule has 3 rings (SSSR count). The molecule has 0 radical (unpaired) electrons. The highest BCUT2D eigenvalue weighted by Crippen LogP contribution is 2.32. The Labute approximate surface area is 160 Å². The lowest BCUT2D eigenvalue weighted by Gasteiger charge is -2.16. The summed E-state index contributed by atoms with van der Waals surface area (Å²) in [4.78, 5) is 12.2. The lowest BCUT2D eigenvalue weighted by atomic mass is 10.1. The summed E-state index contributed by atoms with van der Waals surface area (Å²) in [5, 5.41) is 3.04. The second-order valence-electron chi connectivity index (χ2n) is 6.69. The first-order valence-corrected chi connectivity index (χ1v) is 9.53. The fourth-order valence-electron chi connectivity index (χ4n) is 2.95. The van der Waals surface area contributed by atoms with E-state index in [2.05, 4.69) is 5.32 Å². The summed E-state index contributed by atoms with van der Waals surface area (Å²) >= 11 is 0. The molecule has 0 unspecified atom stereocenters. The van der Waals surface area contributed by atoms with E-state index in [9.17, 15) is 4.79 Å². The third kappa shape index (κ3) is 6.00. The van der Waals surface area contributed by atoms with Crippen molar-refractivity contribution in [2.75, 3.05) is 19.8 Å². The van der Waals surface area contributed by atoms with Gasteiger partial charge in [-0.2, -0.15) is 0 Å². The molecule has 5 nitrogen and oxygen atoms in total. The summed E-state index contributed by atoms with van der Waals surface area (Å²) in [5.74, 6) is 1.55. The Kier molecular flexibility index (Phi) is 7.11. The van der Waals surface area contributed by atoms with Crippen LogP contribution in [-0.2, 0) is 16.1 Å². The lowest BCUT2D eigenvalue weighted by Crippen LogP contribution is -2.26. The summed E-state index contributed by atoms with van der Waals surface area (Å²) in [5.41, 5.74) is 2.15. The van der Waals surface area contributed by atoms with Crippen molar-refractivity contribution in [3.8, 4) is 11.5 Å². The molecule has 0 saturated carbocycles. The summed E-state index contributed by atoms with van der Waals surface area (Å²) in [7, 11) is 0. The minimum Gasteiger partial charge on any atom is -0.490 e. The molecule has 0 saturated heterocycles. The van der Waals surface area contributed by atoms with Crippen molar-refractivity contribution in [1.82, 2.24) is 5.32 Å². The molecule has 1 N–H and O–H groups in total. The maximum atomic E-state index is 12.2. The van der Waals surface area contributed by atoms with E-state index in [1.165, 1.54) is 0 Å². The van der Waals surface area contributed by atoms with E-state index < -0.39 is 0 Å². The highest BCUT2D eigenvalue weighted by Gasteiger charge is 2.15. The van der Waals surface area contributed by atoms with Gasteiger partial charge in [0.15, 0.2) is 11.5 Å². The summed E-state index contributed by atoms with van der Waals surface area (Å²) in [6, 6.07) is 15.8. The number of hydrogen-bond acceptors (Lipinski definition) is 4. The van der Waals surface area contributed by atoms with Crippen LogP contribution in [0.3, 0.4) is 0 Å². The molecule has 1 amide bonds. The van der Waals surface area contributed by atoms with Crippen molar-refractivity contribution in [3.63, 3.8) is 0 Å². The summed E-state index contributed by atoms with van der Waals surface area (Å²) in [6.07, 6.45) is 2.03. The Morgan fingerprint density at radius 1 is 1.11 bits per heavy atom.